The molecule has 108 valence electrons. The Labute approximate surface area is 128 Å². The first-order valence-electron chi connectivity index (χ1n) is 7.13. The molecular formula is C18H18FNS. The second-order valence-corrected chi connectivity index (χ2v) is 6.47. The molecule has 1 unspecified atom stereocenters. The zero-order chi connectivity index (χ0) is 14.8. The molecule has 3 aromatic rings. The van der Waals surface area contributed by atoms with Gasteiger partial charge in [0.2, 0.25) is 0 Å². The summed E-state index contributed by atoms with van der Waals surface area (Å²) in [4.78, 5) is 1.31. The largest absolute Gasteiger partial charge is 0.303 e. The quantitative estimate of drug-likeness (QED) is 0.675. The van der Waals surface area contributed by atoms with Gasteiger partial charge in [0, 0.05) is 21.7 Å². The van der Waals surface area contributed by atoms with Gasteiger partial charge < -0.3 is 5.32 Å². The summed E-state index contributed by atoms with van der Waals surface area (Å²) in [7, 11) is 0. The van der Waals surface area contributed by atoms with Crippen molar-refractivity contribution in [3.8, 4) is 0 Å². The number of hydrogen-bond donors (Lipinski definition) is 1. The Morgan fingerprint density at radius 2 is 1.76 bits per heavy atom. The molecular weight excluding hydrogens is 281 g/mol. The molecule has 3 heteroatoms. The molecule has 0 spiro atoms. The fraction of sp³-hybridized carbons (Fsp3) is 0.222. The molecule has 1 N–H and O–H groups in total. The van der Waals surface area contributed by atoms with Gasteiger partial charge in [-0.2, -0.15) is 0 Å². The standard InChI is InChI=1S/C18H18FNS/c1-12(14-7-5-8-16(19)10-14)20-13(2)18-11-15-6-3-4-9-17(15)21-18/h3-13,20H,1-2H3/t12-,13?/m0/s1. The Kier molecular flexibility index (Phi) is 4.04. The normalized spacial score (nSPS) is 14.2. The molecule has 0 aliphatic heterocycles. The fourth-order valence-electron chi connectivity index (χ4n) is 2.55. The van der Waals surface area contributed by atoms with Crippen molar-refractivity contribution < 1.29 is 4.39 Å². The maximum Gasteiger partial charge on any atom is 0.123 e. The molecule has 0 saturated heterocycles. The van der Waals surface area contributed by atoms with Crippen LogP contribution in [0.25, 0.3) is 10.1 Å². The molecule has 2 atom stereocenters. The zero-order valence-corrected chi connectivity index (χ0v) is 13.0. The first-order chi connectivity index (χ1) is 10.1. The highest BCUT2D eigenvalue weighted by Gasteiger charge is 2.13. The number of hydrogen-bond acceptors (Lipinski definition) is 2. The maximum absolute atomic E-state index is 13.3. The van der Waals surface area contributed by atoms with Crippen molar-refractivity contribution >= 4 is 21.4 Å². The number of nitrogens with one attached hydrogen (secondary N) is 1. The Hall–Kier alpha value is -1.71. The highest BCUT2D eigenvalue weighted by Crippen LogP contribution is 2.30. The van der Waals surface area contributed by atoms with Gasteiger partial charge in [-0.25, -0.2) is 4.39 Å². The van der Waals surface area contributed by atoms with E-state index >= 15 is 0 Å². The van der Waals surface area contributed by atoms with E-state index in [0.717, 1.165) is 5.56 Å². The van der Waals surface area contributed by atoms with Crippen LogP contribution in [0.4, 0.5) is 4.39 Å². The van der Waals surface area contributed by atoms with Gasteiger partial charge in [0.25, 0.3) is 0 Å². The topological polar surface area (TPSA) is 12.0 Å². The minimum Gasteiger partial charge on any atom is -0.303 e. The van der Waals surface area contributed by atoms with Crippen LogP contribution in [-0.2, 0) is 0 Å². The zero-order valence-electron chi connectivity index (χ0n) is 12.1. The van der Waals surface area contributed by atoms with E-state index in [1.165, 1.54) is 21.0 Å². The summed E-state index contributed by atoms with van der Waals surface area (Å²) in [5.41, 5.74) is 0.975. The summed E-state index contributed by atoms with van der Waals surface area (Å²) in [5, 5.41) is 4.83. The van der Waals surface area contributed by atoms with E-state index in [0.29, 0.717) is 0 Å². The Bertz CT molecular complexity index is 717. The Morgan fingerprint density at radius 3 is 2.52 bits per heavy atom. The highest BCUT2D eigenvalue weighted by atomic mass is 32.1. The predicted octanol–water partition coefficient (Wildman–Crippen LogP) is 5.45. The van der Waals surface area contributed by atoms with Crippen LogP contribution in [0.15, 0.2) is 54.6 Å². The van der Waals surface area contributed by atoms with Crippen LogP contribution < -0.4 is 5.32 Å². The van der Waals surface area contributed by atoms with Crippen molar-refractivity contribution in [2.45, 2.75) is 25.9 Å². The van der Waals surface area contributed by atoms with E-state index in [1.807, 2.05) is 17.4 Å². The van der Waals surface area contributed by atoms with E-state index < -0.39 is 0 Å². The molecule has 0 bridgehead atoms. The third kappa shape index (κ3) is 3.14. The number of rotatable bonds is 4. The van der Waals surface area contributed by atoms with Crippen LogP contribution in [0.2, 0.25) is 0 Å². The molecule has 0 amide bonds. The first kappa shape index (κ1) is 14.2. The number of halogens is 1. The van der Waals surface area contributed by atoms with E-state index in [2.05, 4.69) is 49.5 Å². The van der Waals surface area contributed by atoms with Crippen LogP contribution in [0, 0.1) is 5.82 Å². The van der Waals surface area contributed by atoms with Crippen LogP contribution in [0.3, 0.4) is 0 Å². The summed E-state index contributed by atoms with van der Waals surface area (Å²) in [6.45, 7) is 4.22. The van der Waals surface area contributed by atoms with E-state index in [9.17, 15) is 4.39 Å². The van der Waals surface area contributed by atoms with Crippen molar-refractivity contribution in [3.05, 3.63) is 70.9 Å². The van der Waals surface area contributed by atoms with Gasteiger partial charge in [0.15, 0.2) is 0 Å². The molecule has 1 aromatic heterocycles. The van der Waals surface area contributed by atoms with Crippen LogP contribution >= 0.6 is 11.3 Å². The van der Waals surface area contributed by atoms with Gasteiger partial charge in [-0.1, -0.05) is 30.3 Å². The van der Waals surface area contributed by atoms with Gasteiger partial charge in [0.05, 0.1) is 0 Å². The lowest BCUT2D eigenvalue weighted by Gasteiger charge is -2.19. The van der Waals surface area contributed by atoms with E-state index in [1.54, 1.807) is 12.1 Å². The minimum atomic E-state index is -0.185. The lowest BCUT2D eigenvalue weighted by atomic mass is 10.1. The Balaban J connectivity index is 1.77. The smallest absolute Gasteiger partial charge is 0.123 e. The van der Waals surface area contributed by atoms with Crippen molar-refractivity contribution in [2.75, 3.05) is 0 Å². The number of benzene rings is 2. The highest BCUT2D eigenvalue weighted by molar-refractivity contribution is 7.19. The Morgan fingerprint density at radius 1 is 0.952 bits per heavy atom. The molecule has 0 radical (unpaired) electrons. The van der Waals surface area contributed by atoms with Gasteiger partial charge in [-0.3, -0.25) is 0 Å². The van der Waals surface area contributed by atoms with Crippen LogP contribution in [-0.4, -0.2) is 0 Å². The molecule has 21 heavy (non-hydrogen) atoms. The van der Waals surface area contributed by atoms with Gasteiger partial charge in [-0.05, 0) is 49.1 Å². The second kappa shape index (κ2) is 5.96. The van der Waals surface area contributed by atoms with Gasteiger partial charge >= 0.3 is 0 Å². The molecule has 1 nitrogen and oxygen atoms in total. The SMILES string of the molecule is CC(N[C@@H](C)c1cccc(F)c1)c1cc2ccccc2s1. The molecule has 3 rings (SSSR count). The van der Waals surface area contributed by atoms with Crippen LogP contribution in [0.5, 0.6) is 0 Å². The third-order valence-corrected chi connectivity index (χ3v) is 5.02. The third-order valence-electron chi connectivity index (χ3n) is 3.72. The molecule has 0 aliphatic rings. The fourth-order valence-corrected chi connectivity index (χ4v) is 3.62. The molecule has 2 aromatic carbocycles. The van der Waals surface area contributed by atoms with Crippen molar-refractivity contribution in [2.24, 2.45) is 0 Å². The van der Waals surface area contributed by atoms with E-state index in [4.69, 9.17) is 0 Å². The molecule has 0 saturated carbocycles. The summed E-state index contributed by atoms with van der Waals surface area (Å²) >= 11 is 1.81. The predicted molar refractivity (Wildman–Crippen MR) is 88.2 cm³/mol. The van der Waals surface area contributed by atoms with Gasteiger partial charge in [0.1, 0.15) is 5.82 Å². The lowest BCUT2D eigenvalue weighted by molar-refractivity contribution is 0.497. The monoisotopic (exact) mass is 299 g/mol. The number of fused-ring (bicyclic) bond motifs is 1. The molecule has 1 heterocycles. The van der Waals surface area contributed by atoms with Gasteiger partial charge in [-0.15, -0.1) is 11.3 Å². The maximum atomic E-state index is 13.3. The molecule has 0 fully saturated rings. The average molecular weight is 299 g/mol. The second-order valence-electron chi connectivity index (χ2n) is 5.35. The average Bonchev–Trinajstić information content (AvgIpc) is 2.91. The first-order valence-corrected chi connectivity index (χ1v) is 7.95. The van der Waals surface area contributed by atoms with Crippen LogP contribution in [0.1, 0.15) is 36.4 Å². The summed E-state index contributed by atoms with van der Waals surface area (Å²) in [5.74, 6) is -0.185. The lowest BCUT2D eigenvalue weighted by Crippen LogP contribution is -2.21. The summed E-state index contributed by atoms with van der Waals surface area (Å²) < 4.78 is 14.6. The summed E-state index contributed by atoms with van der Waals surface area (Å²) in [6.07, 6.45) is 0. The molecule has 0 aliphatic carbocycles. The van der Waals surface area contributed by atoms with Crippen molar-refractivity contribution in [1.82, 2.24) is 5.32 Å². The van der Waals surface area contributed by atoms with Crippen molar-refractivity contribution in [1.29, 1.82) is 0 Å². The minimum absolute atomic E-state index is 0.112. The van der Waals surface area contributed by atoms with Crippen molar-refractivity contribution in [3.63, 3.8) is 0 Å². The van der Waals surface area contributed by atoms with E-state index in [-0.39, 0.29) is 17.9 Å². The number of thiophene rings is 1. The summed E-state index contributed by atoms with van der Waals surface area (Å²) in [6, 6.07) is 17.8.